The molecule has 2 aromatic heterocycles. The van der Waals surface area contributed by atoms with Gasteiger partial charge in [0.2, 0.25) is 0 Å². The summed E-state index contributed by atoms with van der Waals surface area (Å²) in [5.41, 5.74) is 11.5. The van der Waals surface area contributed by atoms with Crippen LogP contribution in [0.1, 0.15) is 32.6 Å². The Kier molecular flexibility index (Phi) is 5.05. The van der Waals surface area contributed by atoms with Crippen LogP contribution in [-0.4, -0.2) is 79.6 Å². The fourth-order valence-electron chi connectivity index (χ4n) is 7.39. The molecule has 16 heteroatoms. The van der Waals surface area contributed by atoms with Gasteiger partial charge in [-0.25, -0.2) is 9.98 Å². The zero-order valence-corrected chi connectivity index (χ0v) is 23.4. The van der Waals surface area contributed by atoms with Gasteiger partial charge in [-0.1, -0.05) is 0 Å². The third-order valence-electron chi connectivity index (χ3n) is 8.69. The molecule has 10 N–H and O–H groups in total. The third-order valence-corrected chi connectivity index (χ3v) is 11.2. The highest BCUT2D eigenvalue weighted by atomic mass is 79.9. The van der Waals surface area contributed by atoms with Crippen LogP contribution < -0.4 is 27.4 Å². The number of H-pyrrole nitrogens is 2. The molecule has 0 unspecified atom stereocenters. The van der Waals surface area contributed by atoms with Crippen molar-refractivity contribution in [3.05, 3.63) is 44.4 Å². The molecule has 2 spiro atoms. The van der Waals surface area contributed by atoms with Crippen LogP contribution >= 0.6 is 43.5 Å². The lowest BCUT2D eigenvalue weighted by Gasteiger charge is -2.51. The number of aliphatic hydroxyl groups excluding tert-OH is 1. The number of nitrogens with zero attached hydrogens (tertiary/aromatic N) is 3. The van der Waals surface area contributed by atoms with E-state index in [4.69, 9.17) is 28.1 Å². The third kappa shape index (κ3) is 2.85. The van der Waals surface area contributed by atoms with E-state index in [9.17, 15) is 14.7 Å². The van der Waals surface area contributed by atoms with Crippen molar-refractivity contribution >= 4 is 67.2 Å². The Morgan fingerprint density at radius 3 is 2.74 bits per heavy atom. The number of aliphatic hydroxyl groups is 1. The molecule has 0 radical (unpaired) electrons. The number of carbonyl (C=O) groups excluding carboxylic acids is 2. The number of carbonyl (C=O) groups is 2. The molecule has 2 amide bonds. The van der Waals surface area contributed by atoms with Gasteiger partial charge in [0, 0.05) is 36.7 Å². The number of rotatable bonds is 3. The molecule has 8 atom stereocenters. The molecule has 13 nitrogen and oxygen atoms in total. The lowest BCUT2D eigenvalue weighted by Crippen LogP contribution is -2.73. The number of nitrogens with two attached hydrogens (primary N) is 2. The predicted molar refractivity (Wildman–Crippen MR) is 144 cm³/mol. The Hall–Kier alpha value is -2.75. The summed E-state index contributed by atoms with van der Waals surface area (Å²) < 4.78 is 1.36. The number of aromatic nitrogens is 2. The van der Waals surface area contributed by atoms with E-state index >= 15 is 0 Å². The van der Waals surface area contributed by atoms with E-state index in [1.165, 1.54) is 0 Å². The SMILES string of the molecule is NC1=N[C@@H](O)[C@@]2(N1)[C@@H](Cl)[C@H](CNC(=O)c1cc(Br)c(Br)[nH]1)[C@H]1CN3C(=O)c4[nH]ccc4[C@@H]4N=C(N)N[C@@]43[C@@H]12. The molecule has 200 valence electrons. The lowest BCUT2D eigenvalue weighted by atomic mass is 9.70. The molecule has 5 aliphatic rings. The second kappa shape index (κ2) is 7.90. The van der Waals surface area contributed by atoms with Crippen LogP contribution in [0.15, 0.2) is 37.4 Å². The minimum atomic E-state index is -1.30. The Balaban J connectivity index is 1.30. The van der Waals surface area contributed by atoms with Crippen LogP contribution in [0.2, 0.25) is 0 Å². The van der Waals surface area contributed by atoms with Crippen LogP contribution in [0.5, 0.6) is 0 Å². The van der Waals surface area contributed by atoms with Gasteiger partial charge < -0.3 is 47.4 Å². The van der Waals surface area contributed by atoms with Crippen molar-refractivity contribution in [1.29, 1.82) is 0 Å². The molecular weight excluding hydrogens is 648 g/mol. The fraction of sp³-hybridized carbons (Fsp3) is 0.455. The van der Waals surface area contributed by atoms with Gasteiger partial charge in [-0.2, -0.15) is 0 Å². The van der Waals surface area contributed by atoms with Gasteiger partial charge >= 0.3 is 0 Å². The molecule has 1 saturated heterocycles. The van der Waals surface area contributed by atoms with E-state index in [1.807, 2.05) is 6.07 Å². The van der Waals surface area contributed by atoms with Crippen molar-refractivity contribution in [3.63, 3.8) is 0 Å². The first kappa shape index (κ1) is 24.3. The van der Waals surface area contributed by atoms with Crippen LogP contribution in [0.3, 0.4) is 0 Å². The molecule has 2 fully saturated rings. The van der Waals surface area contributed by atoms with Crippen LogP contribution in [0, 0.1) is 17.8 Å². The van der Waals surface area contributed by atoms with Crippen LogP contribution in [0.4, 0.5) is 0 Å². The van der Waals surface area contributed by atoms with Crippen molar-refractivity contribution in [2.45, 2.75) is 28.8 Å². The number of hydrogen-bond donors (Lipinski definition) is 8. The number of nitrogens with one attached hydrogen (secondary N) is 5. The Bertz CT molecular complexity index is 1440. The second-order valence-electron chi connectivity index (χ2n) is 10.3. The van der Waals surface area contributed by atoms with E-state index in [1.54, 1.807) is 17.2 Å². The first-order valence-electron chi connectivity index (χ1n) is 12.0. The Labute approximate surface area is 237 Å². The number of fused-ring (bicyclic) bond motifs is 4. The predicted octanol–water partition coefficient (Wildman–Crippen LogP) is -0.133. The number of guanidine groups is 2. The summed E-state index contributed by atoms with van der Waals surface area (Å²) in [6.45, 7) is 0.483. The molecule has 1 saturated carbocycles. The van der Waals surface area contributed by atoms with E-state index in [-0.39, 0.29) is 42.1 Å². The highest BCUT2D eigenvalue weighted by molar-refractivity contribution is 9.13. The summed E-state index contributed by atoms with van der Waals surface area (Å²) in [5, 5.41) is 20.1. The normalized spacial score (nSPS) is 38.2. The van der Waals surface area contributed by atoms with Gasteiger partial charge in [0.25, 0.3) is 11.8 Å². The number of alkyl halides is 1. The molecule has 38 heavy (non-hydrogen) atoms. The number of amides is 2. The number of aromatic amines is 2. The largest absolute Gasteiger partial charge is 0.370 e. The van der Waals surface area contributed by atoms with E-state index < -0.39 is 34.8 Å². The van der Waals surface area contributed by atoms with Gasteiger partial charge in [-0.15, -0.1) is 11.6 Å². The van der Waals surface area contributed by atoms with Gasteiger partial charge in [-0.05, 0) is 49.9 Å². The average Bonchev–Trinajstić information content (AvgIpc) is 3.67. The zero-order valence-electron chi connectivity index (χ0n) is 19.5. The number of aliphatic imine (C=N–C) groups is 2. The Morgan fingerprint density at radius 1 is 1.29 bits per heavy atom. The summed E-state index contributed by atoms with van der Waals surface area (Å²) in [6.07, 6.45) is 0.406. The van der Waals surface area contributed by atoms with Crippen molar-refractivity contribution in [2.24, 2.45) is 39.2 Å². The van der Waals surface area contributed by atoms with Crippen molar-refractivity contribution < 1.29 is 14.7 Å². The molecule has 0 bridgehead atoms. The van der Waals surface area contributed by atoms with E-state index in [0.29, 0.717) is 32.6 Å². The quantitative estimate of drug-likeness (QED) is 0.208. The summed E-state index contributed by atoms with van der Waals surface area (Å²) in [4.78, 5) is 43.4. The molecular formula is C22H23Br2ClN10O3. The average molecular weight is 671 g/mol. The molecule has 2 aromatic rings. The smallest absolute Gasteiger partial charge is 0.272 e. The van der Waals surface area contributed by atoms with Gasteiger partial charge in [0.1, 0.15) is 28.6 Å². The van der Waals surface area contributed by atoms with Gasteiger partial charge in [0.15, 0.2) is 18.1 Å². The minimum Gasteiger partial charge on any atom is -0.370 e. The fourth-order valence-corrected chi connectivity index (χ4v) is 8.63. The maximum absolute atomic E-state index is 13.8. The molecule has 0 aromatic carbocycles. The van der Waals surface area contributed by atoms with Crippen molar-refractivity contribution in [3.8, 4) is 0 Å². The minimum absolute atomic E-state index is 0.0513. The van der Waals surface area contributed by atoms with E-state index in [2.05, 4.69) is 62.8 Å². The van der Waals surface area contributed by atoms with E-state index in [0.717, 1.165) is 0 Å². The highest BCUT2D eigenvalue weighted by Gasteiger charge is 2.79. The summed E-state index contributed by atoms with van der Waals surface area (Å²) >= 11 is 13.9. The second-order valence-corrected chi connectivity index (χ2v) is 12.4. The summed E-state index contributed by atoms with van der Waals surface area (Å²) in [6, 6.07) is 2.94. The first-order chi connectivity index (χ1) is 18.1. The van der Waals surface area contributed by atoms with Crippen molar-refractivity contribution in [2.75, 3.05) is 13.1 Å². The highest BCUT2D eigenvalue weighted by Crippen LogP contribution is 2.64. The molecule has 4 aliphatic heterocycles. The topological polar surface area (TPSA) is 202 Å². The van der Waals surface area contributed by atoms with Crippen molar-refractivity contribution in [1.82, 2.24) is 30.8 Å². The molecule has 6 heterocycles. The zero-order chi connectivity index (χ0) is 26.7. The molecule has 7 rings (SSSR count). The summed E-state index contributed by atoms with van der Waals surface area (Å²) in [7, 11) is 0. The van der Waals surface area contributed by atoms with Gasteiger partial charge in [0.05, 0.1) is 14.5 Å². The first-order valence-corrected chi connectivity index (χ1v) is 14.0. The van der Waals surface area contributed by atoms with Crippen LogP contribution in [0.25, 0.3) is 0 Å². The maximum atomic E-state index is 13.8. The Morgan fingerprint density at radius 2 is 2.05 bits per heavy atom. The molecule has 1 aliphatic carbocycles. The maximum Gasteiger partial charge on any atom is 0.272 e. The number of halogens is 3. The summed E-state index contributed by atoms with van der Waals surface area (Å²) in [5.74, 6) is -1.45. The van der Waals surface area contributed by atoms with Gasteiger partial charge in [-0.3, -0.25) is 9.59 Å². The monoisotopic (exact) mass is 668 g/mol. The van der Waals surface area contributed by atoms with Crippen LogP contribution in [-0.2, 0) is 0 Å². The number of hydrogen-bond acceptors (Lipinski definition) is 9. The lowest BCUT2D eigenvalue weighted by molar-refractivity contribution is -0.0123. The standard InChI is InChI=1S/C22H23Br2ClN10O3/c23-9-3-10(30-15(9)24)16(36)29-4-7-8-5-35-17(37)11-6(1-2-28-11)14-22(35,34-19(26)31-14)12(8)21(13(7)25)18(38)32-20(27)33-21/h1-3,7-8,12-14,18,28,30,38H,4-5H2,(H,29,36)(H3,26,31,34)(H3,27,32,33)/t7-,8-,12+,13+,14+,18+,21+,22-/m1/s1.